The molecule has 2 bridgehead atoms. The summed E-state index contributed by atoms with van der Waals surface area (Å²) in [6, 6.07) is 6.36. The minimum atomic E-state index is -0.853. The Morgan fingerprint density at radius 2 is 1.76 bits per heavy atom. The van der Waals surface area contributed by atoms with Crippen LogP contribution in [-0.4, -0.2) is 50.4 Å². The van der Waals surface area contributed by atoms with Gasteiger partial charge >= 0.3 is 0 Å². The van der Waals surface area contributed by atoms with E-state index in [9.17, 15) is 8.78 Å². The second-order valence-corrected chi connectivity index (χ2v) is 9.61. The molecule has 1 unspecified atom stereocenters. The maximum Gasteiger partial charge on any atom is 0.244 e. The molecule has 3 atom stereocenters. The summed E-state index contributed by atoms with van der Waals surface area (Å²) in [6.07, 6.45) is 5.85. The minimum absolute atomic E-state index is 0.308. The Hall–Kier alpha value is -3.30. The summed E-state index contributed by atoms with van der Waals surface area (Å²) in [5.41, 5.74) is 1.57. The second kappa shape index (κ2) is 8.48. The van der Waals surface area contributed by atoms with Crippen LogP contribution in [0.2, 0.25) is 0 Å². The van der Waals surface area contributed by atoms with Crippen molar-refractivity contribution in [1.82, 2.24) is 24.7 Å². The minimum Gasteiger partial charge on any atom is -0.356 e. The van der Waals surface area contributed by atoms with E-state index in [1.54, 1.807) is 12.4 Å². The maximum absolute atomic E-state index is 13.9. The Balaban J connectivity index is 1.22. The largest absolute Gasteiger partial charge is 0.356 e. The van der Waals surface area contributed by atoms with Crippen molar-refractivity contribution in [2.75, 3.05) is 34.8 Å². The Bertz CT molecular complexity index is 1180. The number of aryl methyl sites for hydroxylation is 2. The fourth-order valence-electron chi connectivity index (χ4n) is 5.68. The van der Waals surface area contributed by atoms with Gasteiger partial charge in [-0.15, -0.1) is 5.10 Å². The zero-order valence-electron chi connectivity index (χ0n) is 19.2. The third kappa shape index (κ3) is 3.84. The van der Waals surface area contributed by atoms with Crippen LogP contribution in [-0.2, 0) is 6.54 Å². The fraction of sp³-hybridized carbons (Fsp3) is 0.500. The van der Waals surface area contributed by atoms with E-state index in [0.29, 0.717) is 42.0 Å². The van der Waals surface area contributed by atoms with Crippen LogP contribution in [0.3, 0.4) is 0 Å². The number of nitrogens with one attached hydrogen (secondary N) is 1. The summed E-state index contributed by atoms with van der Waals surface area (Å²) in [7, 11) is 0. The monoisotopic (exact) mass is 466 g/mol. The van der Waals surface area contributed by atoms with E-state index >= 15 is 0 Å². The van der Waals surface area contributed by atoms with Gasteiger partial charge in [-0.05, 0) is 56.6 Å². The summed E-state index contributed by atoms with van der Waals surface area (Å²) in [4.78, 5) is 17.8. The van der Waals surface area contributed by atoms with Crippen LogP contribution in [0.4, 0.5) is 32.2 Å². The normalized spacial score (nSPS) is 24.1. The Morgan fingerprint density at radius 1 is 0.971 bits per heavy atom. The molecule has 1 saturated carbocycles. The molecule has 0 spiro atoms. The quantitative estimate of drug-likeness (QED) is 0.625. The molecular formula is C24H28F2N8. The average Bonchev–Trinajstić information content (AvgIpc) is 3.23. The standard InChI is InChI=1S/C24H28F2N8/c1-15-10-21(28-14-27-15)32-12-16-4-5-17(13-32)22(16)29-23-30-24-33(8-2-3-9-34(24)31-23)18-6-7-19(25)20(26)11-18/h6-7,10-11,14,16-17,22H,2-5,8-9,12-13H2,1H3,(H,29,31)/t16-,17+,22?. The number of fused-ring (bicyclic) bond motifs is 3. The maximum atomic E-state index is 13.9. The molecule has 34 heavy (non-hydrogen) atoms. The number of hydrogen-bond donors (Lipinski definition) is 1. The van der Waals surface area contributed by atoms with Crippen molar-refractivity contribution >= 4 is 23.4 Å². The summed E-state index contributed by atoms with van der Waals surface area (Å²) in [5, 5.41) is 8.39. The first-order valence-electron chi connectivity index (χ1n) is 12.0. The molecule has 178 valence electrons. The topological polar surface area (TPSA) is 75.0 Å². The van der Waals surface area contributed by atoms with Gasteiger partial charge in [0, 0.05) is 55.7 Å². The molecule has 1 saturated heterocycles. The summed E-state index contributed by atoms with van der Waals surface area (Å²) < 4.78 is 29.3. The van der Waals surface area contributed by atoms with Crippen molar-refractivity contribution < 1.29 is 8.78 Å². The second-order valence-electron chi connectivity index (χ2n) is 9.61. The Labute approximate surface area is 197 Å². The van der Waals surface area contributed by atoms with Gasteiger partial charge in [-0.2, -0.15) is 4.98 Å². The highest BCUT2D eigenvalue weighted by Gasteiger charge is 2.43. The number of aromatic nitrogens is 5. The van der Waals surface area contributed by atoms with Gasteiger partial charge in [0.15, 0.2) is 11.6 Å². The van der Waals surface area contributed by atoms with Crippen LogP contribution in [0.15, 0.2) is 30.6 Å². The smallest absolute Gasteiger partial charge is 0.244 e. The summed E-state index contributed by atoms with van der Waals surface area (Å²) in [5.74, 6) is 1.55. The predicted molar refractivity (Wildman–Crippen MR) is 125 cm³/mol. The lowest BCUT2D eigenvalue weighted by atomic mass is 9.92. The molecular weight excluding hydrogens is 438 g/mol. The van der Waals surface area contributed by atoms with Crippen molar-refractivity contribution in [3.8, 4) is 0 Å². The first-order chi connectivity index (χ1) is 16.5. The van der Waals surface area contributed by atoms with Gasteiger partial charge in [-0.25, -0.2) is 23.4 Å². The molecule has 10 heteroatoms. The zero-order chi connectivity index (χ0) is 23.2. The van der Waals surface area contributed by atoms with E-state index in [-0.39, 0.29) is 0 Å². The molecule has 2 aliphatic heterocycles. The average molecular weight is 467 g/mol. The molecule has 0 amide bonds. The molecule has 3 aliphatic rings. The van der Waals surface area contributed by atoms with Crippen molar-refractivity contribution in [3.05, 3.63) is 47.9 Å². The number of piperidine rings is 1. The van der Waals surface area contributed by atoms with Gasteiger partial charge in [-0.3, -0.25) is 0 Å². The van der Waals surface area contributed by atoms with Gasteiger partial charge < -0.3 is 15.1 Å². The lowest BCUT2D eigenvalue weighted by Crippen LogP contribution is -2.48. The first kappa shape index (κ1) is 21.2. The molecule has 1 N–H and O–H groups in total. The van der Waals surface area contributed by atoms with E-state index in [0.717, 1.165) is 56.8 Å². The molecule has 1 aromatic carbocycles. The zero-order valence-corrected chi connectivity index (χ0v) is 19.2. The van der Waals surface area contributed by atoms with Crippen LogP contribution in [0.25, 0.3) is 0 Å². The van der Waals surface area contributed by atoms with Gasteiger partial charge in [0.05, 0.1) is 0 Å². The van der Waals surface area contributed by atoms with Gasteiger partial charge in [-0.1, -0.05) is 0 Å². The Morgan fingerprint density at radius 3 is 2.53 bits per heavy atom. The number of anilines is 4. The fourth-order valence-corrected chi connectivity index (χ4v) is 5.68. The van der Waals surface area contributed by atoms with Gasteiger partial charge in [0.1, 0.15) is 12.1 Å². The van der Waals surface area contributed by atoms with Crippen LogP contribution in [0, 0.1) is 30.4 Å². The van der Waals surface area contributed by atoms with E-state index < -0.39 is 11.6 Å². The summed E-state index contributed by atoms with van der Waals surface area (Å²) in [6.45, 7) is 5.32. The number of nitrogens with zero attached hydrogens (tertiary/aromatic N) is 7. The van der Waals surface area contributed by atoms with Crippen LogP contribution < -0.4 is 15.1 Å². The van der Waals surface area contributed by atoms with Crippen LogP contribution in [0.5, 0.6) is 0 Å². The van der Waals surface area contributed by atoms with Crippen LogP contribution in [0.1, 0.15) is 31.4 Å². The Kier molecular flexibility index (Phi) is 5.30. The summed E-state index contributed by atoms with van der Waals surface area (Å²) >= 11 is 0. The molecule has 8 nitrogen and oxygen atoms in total. The number of halogens is 2. The number of hydrogen-bond acceptors (Lipinski definition) is 7. The SMILES string of the molecule is Cc1cc(N2C[C@H]3CC[C@@H](C2)C3Nc2nc3n(n2)CCCCN3c2ccc(F)c(F)c2)ncn1. The van der Waals surface area contributed by atoms with E-state index in [2.05, 4.69) is 20.2 Å². The predicted octanol–water partition coefficient (Wildman–Crippen LogP) is 3.91. The molecule has 2 aromatic heterocycles. The highest BCUT2D eigenvalue weighted by molar-refractivity contribution is 5.59. The van der Waals surface area contributed by atoms with Crippen molar-refractivity contribution in [2.24, 2.45) is 11.8 Å². The molecule has 2 fully saturated rings. The van der Waals surface area contributed by atoms with Crippen molar-refractivity contribution in [3.63, 3.8) is 0 Å². The van der Waals surface area contributed by atoms with Crippen molar-refractivity contribution in [1.29, 1.82) is 0 Å². The highest BCUT2D eigenvalue weighted by atomic mass is 19.2. The van der Waals surface area contributed by atoms with Crippen molar-refractivity contribution in [2.45, 2.75) is 45.2 Å². The third-order valence-electron chi connectivity index (χ3n) is 7.35. The van der Waals surface area contributed by atoms with E-state index in [4.69, 9.17) is 10.1 Å². The molecule has 4 heterocycles. The van der Waals surface area contributed by atoms with Gasteiger partial charge in [0.25, 0.3) is 0 Å². The molecule has 1 aliphatic carbocycles. The lowest BCUT2D eigenvalue weighted by molar-refractivity contribution is 0.374. The molecule has 6 rings (SSSR count). The molecule has 0 radical (unpaired) electrons. The molecule has 3 aromatic rings. The number of benzene rings is 1. The number of rotatable bonds is 4. The highest BCUT2D eigenvalue weighted by Crippen LogP contribution is 2.40. The lowest BCUT2D eigenvalue weighted by Gasteiger charge is -2.38. The van der Waals surface area contributed by atoms with Gasteiger partial charge in [0.2, 0.25) is 11.9 Å². The van der Waals surface area contributed by atoms with Crippen LogP contribution >= 0.6 is 0 Å². The first-order valence-corrected chi connectivity index (χ1v) is 12.0. The third-order valence-corrected chi connectivity index (χ3v) is 7.35. The van der Waals surface area contributed by atoms with E-state index in [1.165, 1.54) is 12.1 Å². The van der Waals surface area contributed by atoms with E-state index in [1.807, 2.05) is 22.6 Å².